The van der Waals surface area contributed by atoms with Crippen molar-refractivity contribution in [2.45, 2.75) is 6.92 Å². The van der Waals surface area contributed by atoms with E-state index in [1.165, 1.54) is 0 Å². The molecule has 1 aromatic carbocycles. The Morgan fingerprint density at radius 3 is 2.75 bits per heavy atom. The lowest BCUT2D eigenvalue weighted by Crippen LogP contribution is -2.25. The third-order valence-electron chi connectivity index (χ3n) is 2.41. The molecule has 1 N–H and O–H groups in total. The van der Waals surface area contributed by atoms with Gasteiger partial charge in [0.1, 0.15) is 5.75 Å². The molecule has 0 aliphatic carbocycles. The Balaban J connectivity index is 1.81. The molecule has 0 atom stereocenters. The highest BCUT2D eigenvalue weighted by atomic mass is 35.5. The van der Waals surface area contributed by atoms with Crippen LogP contribution in [0.4, 0.5) is 0 Å². The van der Waals surface area contributed by atoms with Gasteiger partial charge in [-0.2, -0.15) is 5.10 Å². The first-order chi connectivity index (χ1) is 9.65. The van der Waals surface area contributed by atoms with Gasteiger partial charge in [-0.25, -0.2) is 5.43 Å². The van der Waals surface area contributed by atoms with E-state index < -0.39 is 0 Å². The standard InChI is InChI=1S/C14H13ClN2O2S/c1-10(13-3-2-8-20-13)16-17-14(18)9-19-12-6-4-11(15)5-7-12/h2-8H,9H2,1H3,(H,17,18)/b16-10+. The molecule has 20 heavy (non-hydrogen) atoms. The topological polar surface area (TPSA) is 50.7 Å². The van der Waals surface area contributed by atoms with Crippen molar-refractivity contribution < 1.29 is 9.53 Å². The summed E-state index contributed by atoms with van der Waals surface area (Å²) in [4.78, 5) is 12.6. The van der Waals surface area contributed by atoms with Crippen molar-refractivity contribution in [3.63, 3.8) is 0 Å². The van der Waals surface area contributed by atoms with Crippen molar-refractivity contribution in [2.75, 3.05) is 6.61 Å². The van der Waals surface area contributed by atoms with E-state index >= 15 is 0 Å². The molecule has 2 aromatic rings. The number of amides is 1. The normalized spacial score (nSPS) is 11.2. The fourth-order valence-corrected chi connectivity index (χ4v) is 2.20. The molecule has 0 bridgehead atoms. The molecule has 0 unspecified atom stereocenters. The minimum Gasteiger partial charge on any atom is -0.484 e. The van der Waals surface area contributed by atoms with E-state index in [9.17, 15) is 4.79 Å². The van der Waals surface area contributed by atoms with E-state index in [2.05, 4.69) is 10.5 Å². The Morgan fingerprint density at radius 2 is 2.10 bits per heavy atom. The van der Waals surface area contributed by atoms with Gasteiger partial charge >= 0.3 is 0 Å². The molecule has 0 aliphatic heterocycles. The number of benzene rings is 1. The lowest BCUT2D eigenvalue weighted by Gasteiger charge is -2.05. The van der Waals surface area contributed by atoms with Crippen molar-refractivity contribution >= 4 is 34.6 Å². The zero-order valence-electron chi connectivity index (χ0n) is 10.8. The van der Waals surface area contributed by atoms with Gasteiger partial charge in [0, 0.05) is 9.90 Å². The number of hydrogen-bond donors (Lipinski definition) is 1. The second-order valence-electron chi connectivity index (χ2n) is 3.95. The molecule has 104 valence electrons. The zero-order chi connectivity index (χ0) is 14.4. The summed E-state index contributed by atoms with van der Waals surface area (Å²) >= 11 is 7.32. The Bertz CT molecular complexity index is 594. The van der Waals surface area contributed by atoms with E-state index in [-0.39, 0.29) is 12.5 Å². The van der Waals surface area contributed by atoms with Crippen LogP contribution in [0.5, 0.6) is 5.75 Å². The predicted octanol–water partition coefficient (Wildman–Crippen LogP) is 3.32. The maximum Gasteiger partial charge on any atom is 0.277 e. The van der Waals surface area contributed by atoms with Crippen molar-refractivity contribution in [1.82, 2.24) is 5.43 Å². The highest BCUT2D eigenvalue weighted by Gasteiger charge is 2.03. The van der Waals surface area contributed by atoms with Gasteiger partial charge in [0.15, 0.2) is 6.61 Å². The van der Waals surface area contributed by atoms with Gasteiger partial charge in [0.05, 0.1) is 5.71 Å². The van der Waals surface area contributed by atoms with Crippen LogP contribution >= 0.6 is 22.9 Å². The van der Waals surface area contributed by atoms with E-state index in [0.29, 0.717) is 10.8 Å². The SMILES string of the molecule is C/C(=N\NC(=O)COc1ccc(Cl)cc1)c1cccs1. The summed E-state index contributed by atoms with van der Waals surface area (Å²) in [6.45, 7) is 1.75. The van der Waals surface area contributed by atoms with Gasteiger partial charge in [-0.15, -0.1) is 11.3 Å². The molecule has 1 aromatic heterocycles. The summed E-state index contributed by atoms with van der Waals surface area (Å²) in [5, 5.41) is 6.60. The van der Waals surface area contributed by atoms with E-state index in [1.54, 1.807) is 35.6 Å². The largest absolute Gasteiger partial charge is 0.484 e. The van der Waals surface area contributed by atoms with Gasteiger partial charge in [-0.3, -0.25) is 4.79 Å². The van der Waals surface area contributed by atoms with Crippen molar-refractivity contribution in [1.29, 1.82) is 0 Å². The average Bonchev–Trinajstić information content (AvgIpc) is 2.98. The highest BCUT2D eigenvalue weighted by molar-refractivity contribution is 7.12. The lowest BCUT2D eigenvalue weighted by atomic mass is 10.3. The first-order valence-electron chi connectivity index (χ1n) is 5.90. The summed E-state index contributed by atoms with van der Waals surface area (Å²) in [5.41, 5.74) is 3.22. The summed E-state index contributed by atoms with van der Waals surface area (Å²) in [7, 11) is 0. The third-order valence-corrected chi connectivity index (χ3v) is 3.64. The van der Waals surface area contributed by atoms with Crippen LogP contribution in [0.15, 0.2) is 46.9 Å². The molecular formula is C14H13ClN2O2S. The fourth-order valence-electron chi connectivity index (χ4n) is 1.40. The number of carbonyl (C=O) groups is 1. The monoisotopic (exact) mass is 308 g/mol. The van der Waals surface area contributed by atoms with Gasteiger partial charge in [0.2, 0.25) is 0 Å². The van der Waals surface area contributed by atoms with Crippen LogP contribution in [0.2, 0.25) is 5.02 Å². The van der Waals surface area contributed by atoms with Crippen LogP contribution < -0.4 is 10.2 Å². The number of nitrogens with zero attached hydrogens (tertiary/aromatic N) is 1. The minimum atomic E-state index is -0.309. The number of nitrogens with one attached hydrogen (secondary N) is 1. The maximum atomic E-state index is 11.6. The van der Waals surface area contributed by atoms with E-state index in [1.807, 2.05) is 24.4 Å². The molecule has 0 aliphatic rings. The first-order valence-corrected chi connectivity index (χ1v) is 7.16. The molecule has 6 heteroatoms. The van der Waals surface area contributed by atoms with Crippen molar-refractivity contribution in [3.8, 4) is 5.75 Å². The molecule has 0 saturated carbocycles. The highest BCUT2D eigenvalue weighted by Crippen LogP contribution is 2.15. The Labute approximate surface area is 126 Å². The number of rotatable bonds is 5. The summed E-state index contributed by atoms with van der Waals surface area (Å²) in [6, 6.07) is 10.7. The first kappa shape index (κ1) is 14.6. The van der Waals surface area contributed by atoms with Crippen LogP contribution in [-0.2, 0) is 4.79 Å². The second-order valence-corrected chi connectivity index (χ2v) is 5.34. The Hall–Kier alpha value is -1.85. The molecule has 1 amide bonds. The molecular weight excluding hydrogens is 296 g/mol. The van der Waals surface area contributed by atoms with Crippen molar-refractivity contribution in [2.24, 2.45) is 5.10 Å². The number of thiophene rings is 1. The van der Waals surface area contributed by atoms with Crippen LogP contribution in [0.25, 0.3) is 0 Å². The smallest absolute Gasteiger partial charge is 0.277 e. The minimum absolute atomic E-state index is 0.0944. The van der Waals surface area contributed by atoms with Crippen LogP contribution in [-0.4, -0.2) is 18.2 Å². The molecule has 1 heterocycles. The number of carbonyl (C=O) groups excluding carboxylic acids is 1. The molecule has 4 nitrogen and oxygen atoms in total. The Kier molecular flexibility index (Phi) is 5.15. The average molecular weight is 309 g/mol. The number of halogens is 1. The van der Waals surface area contributed by atoms with Crippen LogP contribution in [0, 0.1) is 0 Å². The summed E-state index contributed by atoms with van der Waals surface area (Å²) < 4.78 is 5.31. The predicted molar refractivity (Wildman–Crippen MR) is 81.6 cm³/mol. The van der Waals surface area contributed by atoms with E-state index in [0.717, 1.165) is 10.6 Å². The molecule has 0 spiro atoms. The van der Waals surface area contributed by atoms with Crippen LogP contribution in [0.3, 0.4) is 0 Å². The molecule has 0 fully saturated rings. The number of hydrogen-bond acceptors (Lipinski definition) is 4. The second kappa shape index (κ2) is 7.07. The zero-order valence-corrected chi connectivity index (χ0v) is 12.4. The third kappa shape index (κ3) is 4.36. The molecule has 0 saturated heterocycles. The quantitative estimate of drug-likeness (QED) is 0.680. The number of ether oxygens (including phenoxy) is 1. The molecule has 2 rings (SSSR count). The summed E-state index contributed by atoms with van der Waals surface area (Å²) in [6.07, 6.45) is 0. The summed E-state index contributed by atoms with van der Waals surface area (Å²) in [5.74, 6) is 0.277. The van der Waals surface area contributed by atoms with Gasteiger partial charge in [-0.1, -0.05) is 17.7 Å². The van der Waals surface area contributed by atoms with Gasteiger partial charge < -0.3 is 4.74 Å². The lowest BCUT2D eigenvalue weighted by molar-refractivity contribution is -0.123. The van der Waals surface area contributed by atoms with E-state index in [4.69, 9.17) is 16.3 Å². The maximum absolute atomic E-state index is 11.6. The fraction of sp³-hybridized carbons (Fsp3) is 0.143. The van der Waals surface area contributed by atoms with Gasteiger partial charge in [0.25, 0.3) is 5.91 Å². The van der Waals surface area contributed by atoms with Crippen molar-refractivity contribution in [3.05, 3.63) is 51.7 Å². The van der Waals surface area contributed by atoms with Crippen LogP contribution in [0.1, 0.15) is 11.8 Å². The number of hydrazone groups is 1. The van der Waals surface area contributed by atoms with Gasteiger partial charge in [-0.05, 0) is 42.6 Å². The molecule has 0 radical (unpaired) electrons. The Morgan fingerprint density at radius 1 is 1.35 bits per heavy atom.